The first kappa shape index (κ1) is 10.6. The first-order valence-electron chi connectivity index (χ1n) is 4.98. The number of alkyl halides is 1. The van der Waals surface area contributed by atoms with Gasteiger partial charge in [-0.2, -0.15) is 0 Å². The van der Waals surface area contributed by atoms with Crippen LogP contribution < -0.4 is 0 Å². The van der Waals surface area contributed by atoms with Crippen LogP contribution in [0.2, 0.25) is 0 Å². The average Bonchev–Trinajstić information content (AvgIpc) is 2.67. The van der Waals surface area contributed by atoms with Gasteiger partial charge in [0.15, 0.2) is 0 Å². The number of hydrogen-bond acceptors (Lipinski definition) is 3. The van der Waals surface area contributed by atoms with Gasteiger partial charge in [0.1, 0.15) is 5.01 Å². The van der Waals surface area contributed by atoms with Crippen LogP contribution in [0.3, 0.4) is 0 Å². The van der Waals surface area contributed by atoms with E-state index in [9.17, 15) is 0 Å². The van der Waals surface area contributed by atoms with Crippen molar-refractivity contribution in [1.82, 2.24) is 9.88 Å². The van der Waals surface area contributed by atoms with Gasteiger partial charge in [-0.05, 0) is 33.0 Å². The Morgan fingerprint density at radius 1 is 1.57 bits per heavy atom. The molecule has 0 unspecified atom stereocenters. The van der Waals surface area contributed by atoms with Crippen molar-refractivity contribution in [2.45, 2.75) is 24.1 Å². The van der Waals surface area contributed by atoms with Crippen molar-refractivity contribution in [2.24, 2.45) is 0 Å². The summed E-state index contributed by atoms with van der Waals surface area (Å²) in [6, 6.07) is 0. The zero-order valence-corrected chi connectivity index (χ0v) is 10.8. The Hall–Kier alpha value is 0.0700. The molecule has 1 aromatic heterocycles. The monoisotopic (exact) mass is 274 g/mol. The molecule has 78 valence electrons. The lowest BCUT2D eigenvalue weighted by atomic mass is 9.95. The van der Waals surface area contributed by atoms with Gasteiger partial charge in [-0.1, -0.05) is 15.9 Å². The molecule has 1 aliphatic rings. The maximum atomic E-state index is 4.63. The molecule has 2 rings (SSSR count). The summed E-state index contributed by atoms with van der Waals surface area (Å²) in [5, 5.41) is 4.33. The lowest BCUT2D eigenvalue weighted by molar-refractivity contribution is 0.253. The van der Waals surface area contributed by atoms with Crippen molar-refractivity contribution in [3.63, 3.8) is 0 Å². The first-order chi connectivity index (χ1) is 6.79. The smallest absolute Gasteiger partial charge is 0.103 e. The molecule has 0 radical (unpaired) electrons. The summed E-state index contributed by atoms with van der Waals surface area (Å²) in [5.41, 5.74) is 1.32. The SMILES string of the molecule is CN1CCC(c2csc(CBr)n2)CC1. The highest BCUT2D eigenvalue weighted by molar-refractivity contribution is 9.08. The Kier molecular flexibility index (Phi) is 3.57. The van der Waals surface area contributed by atoms with Gasteiger partial charge < -0.3 is 4.90 Å². The van der Waals surface area contributed by atoms with Gasteiger partial charge in [-0.15, -0.1) is 11.3 Å². The molecule has 1 aliphatic heterocycles. The van der Waals surface area contributed by atoms with Crippen LogP contribution in [0.5, 0.6) is 0 Å². The fourth-order valence-corrected chi connectivity index (χ4v) is 3.12. The largest absolute Gasteiger partial charge is 0.306 e. The van der Waals surface area contributed by atoms with E-state index in [4.69, 9.17) is 0 Å². The summed E-state index contributed by atoms with van der Waals surface area (Å²) in [6.45, 7) is 2.43. The van der Waals surface area contributed by atoms with Crippen molar-refractivity contribution in [3.8, 4) is 0 Å². The van der Waals surface area contributed by atoms with E-state index in [1.807, 2.05) is 0 Å². The van der Waals surface area contributed by atoms with Crippen LogP contribution in [-0.4, -0.2) is 30.0 Å². The van der Waals surface area contributed by atoms with Gasteiger partial charge in [0.2, 0.25) is 0 Å². The summed E-state index contributed by atoms with van der Waals surface area (Å²) < 4.78 is 0. The molecule has 2 heterocycles. The number of hydrogen-bond donors (Lipinski definition) is 0. The highest BCUT2D eigenvalue weighted by atomic mass is 79.9. The second-order valence-corrected chi connectivity index (χ2v) is 5.38. The molecular formula is C10H15BrN2S. The van der Waals surface area contributed by atoms with E-state index in [-0.39, 0.29) is 0 Å². The number of thiazole rings is 1. The Balaban J connectivity index is 2.01. The summed E-state index contributed by atoms with van der Waals surface area (Å²) in [5.74, 6) is 0.704. The fourth-order valence-electron chi connectivity index (χ4n) is 1.88. The van der Waals surface area contributed by atoms with E-state index < -0.39 is 0 Å². The lowest BCUT2D eigenvalue weighted by Crippen LogP contribution is -2.29. The summed E-state index contributed by atoms with van der Waals surface area (Å²) >= 11 is 5.22. The van der Waals surface area contributed by atoms with Gasteiger partial charge in [0.05, 0.1) is 11.0 Å². The van der Waals surface area contributed by atoms with E-state index in [0.29, 0.717) is 5.92 Å². The second-order valence-electron chi connectivity index (χ2n) is 3.88. The summed E-state index contributed by atoms with van der Waals surface area (Å²) in [6.07, 6.45) is 2.53. The maximum absolute atomic E-state index is 4.63. The molecular weight excluding hydrogens is 260 g/mol. The van der Waals surface area contributed by atoms with Crippen LogP contribution in [0.25, 0.3) is 0 Å². The van der Waals surface area contributed by atoms with Crippen LogP contribution >= 0.6 is 27.3 Å². The van der Waals surface area contributed by atoms with E-state index in [0.717, 1.165) is 5.33 Å². The fraction of sp³-hybridized carbons (Fsp3) is 0.700. The molecule has 0 saturated carbocycles. The van der Waals surface area contributed by atoms with Crippen LogP contribution in [0.1, 0.15) is 29.5 Å². The number of rotatable bonds is 2. The Labute approximate surface area is 97.5 Å². The van der Waals surface area contributed by atoms with Gasteiger partial charge in [0.25, 0.3) is 0 Å². The third-order valence-electron chi connectivity index (χ3n) is 2.82. The minimum absolute atomic E-state index is 0.704. The van der Waals surface area contributed by atoms with Crippen molar-refractivity contribution >= 4 is 27.3 Å². The van der Waals surface area contributed by atoms with Crippen LogP contribution in [0, 0.1) is 0 Å². The number of piperidine rings is 1. The van der Waals surface area contributed by atoms with Crippen molar-refractivity contribution in [1.29, 1.82) is 0 Å². The van der Waals surface area contributed by atoms with Gasteiger partial charge in [0, 0.05) is 11.3 Å². The molecule has 4 heteroatoms. The Morgan fingerprint density at radius 3 is 2.86 bits per heavy atom. The second kappa shape index (κ2) is 4.73. The zero-order chi connectivity index (χ0) is 9.97. The van der Waals surface area contributed by atoms with Crippen LogP contribution in [-0.2, 0) is 5.33 Å². The van der Waals surface area contributed by atoms with E-state index in [1.54, 1.807) is 11.3 Å². The zero-order valence-electron chi connectivity index (χ0n) is 8.37. The van der Waals surface area contributed by atoms with Crippen molar-refractivity contribution < 1.29 is 0 Å². The lowest BCUT2D eigenvalue weighted by Gasteiger charge is -2.27. The Morgan fingerprint density at radius 2 is 2.29 bits per heavy atom. The molecule has 1 fully saturated rings. The molecule has 1 aromatic rings. The maximum Gasteiger partial charge on any atom is 0.103 e. The summed E-state index contributed by atoms with van der Waals surface area (Å²) in [7, 11) is 2.20. The molecule has 0 aromatic carbocycles. The molecule has 0 atom stereocenters. The molecule has 1 saturated heterocycles. The quantitative estimate of drug-likeness (QED) is 0.772. The molecule has 0 aliphatic carbocycles. The summed E-state index contributed by atoms with van der Waals surface area (Å²) in [4.78, 5) is 7.03. The molecule has 0 spiro atoms. The molecule has 0 N–H and O–H groups in total. The average molecular weight is 275 g/mol. The highest BCUT2D eigenvalue weighted by Crippen LogP contribution is 2.28. The minimum atomic E-state index is 0.704. The normalized spacial score (nSPS) is 20.1. The van der Waals surface area contributed by atoms with Crippen LogP contribution in [0.15, 0.2) is 5.38 Å². The van der Waals surface area contributed by atoms with E-state index in [2.05, 4.69) is 38.2 Å². The predicted molar refractivity (Wildman–Crippen MR) is 64.2 cm³/mol. The predicted octanol–water partition coefficient (Wildman–Crippen LogP) is 2.85. The molecule has 14 heavy (non-hydrogen) atoms. The highest BCUT2D eigenvalue weighted by Gasteiger charge is 2.20. The van der Waals surface area contributed by atoms with Gasteiger partial charge in [-0.3, -0.25) is 0 Å². The van der Waals surface area contributed by atoms with E-state index >= 15 is 0 Å². The molecule has 0 amide bonds. The van der Waals surface area contributed by atoms with E-state index in [1.165, 1.54) is 36.6 Å². The number of aromatic nitrogens is 1. The molecule has 2 nitrogen and oxygen atoms in total. The topological polar surface area (TPSA) is 16.1 Å². The van der Waals surface area contributed by atoms with Crippen molar-refractivity contribution in [3.05, 3.63) is 16.1 Å². The molecule has 0 bridgehead atoms. The number of likely N-dealkylation sites (tertiary alicyclic amines) is 1. The third kappa shape index (κ3) is 2.35. The van der Waals surface area contributed by atoms with Gasteiger partial charge >= 0.3 is 0 Å². The first-order valence-corrected chi connectivity index (χ1v) is 6.98. The Bertz CT molecular complexity index is 292. The standard InChI is InChI=1S/C10H15BrN2S/c1-13-4-2-8(3-5-13)9-7-14-10(6-11)12-9/h7-8H,2-6H2,1H3. The minimum Gasteiger partial charge on any atom is -0.306 e. The number of halogens is 1. The van der Waals surface area contributed by atoms with Crippen molar-refractivity contribution in [2.75, 3.05) is 20.1 Å². The van der Waals surface area contributed by atoms with Gasteiger partial charge in [-0.25, -0.2) is 4.98 Å². The number of nitrogens with zero attached hydrogens (tertiary/aromatic N) is 2. The third-order valence-corrected chi connectivity index (χ3v) is 4.59. The van der Waals surface area contributed by atoms with Crippen LogP contribution in [0.4, 0.5) is 0 Å².